The predicted molar refractivity (Wildman–Crippen MR) is 71.5 cm³/mol. The van der Waals surface area contributed by atoms with E-state index in [-0.39, 0.29) is 17.5 Å². The topological polar surface area (TPSA) is 54.4 Å². The average molecular weight is 282 g/mol. The van der Waals surface area contributed by atoms with E-state index in [0.717, 1.165) is 0 Å². The van der Waals surface area contributed by atoms with Gasteiger partial charge in [-0.2, -0.15) is 8.78 Å². The van der Waals surface area contributed by atoms with Gasteiger partial charge in [0, 0.05) is 5.56 Å². The summed E-state index contributed by atoms with van der Waals surface area (Å²) in [5.41, 5.74) is 1.11. The van der Waals surface area contributed by atoms with E-state index in [0.29, 0.717) is 16.7 Å². The second kappa shape index (κ2) is 5.94. The molecule has 0 radical (unpaired) electrons. The number of allylic oxidation sites excluding steroid dienone is 1. The second-order valence-electron chi connectivity index (χ2n) is 4.57. The largest absolute Gasteiger partial charge is 0.478 e. The van der Waals surface area contributed by atoms with Crippen LogP contribution < -0.4 is 0 Å². The Hall–Kier alpha value is -2.04. The van der Waals surface area contributed by atoms with Gasteiger partial charge in [0.25, 0.3) is 6.08 Å². The normalized spacial score (nSPS) is 10.3. The Morgan fingerprint density at radius 1 is 1.05 bits per heavy atom. The number of benzene rings is 1. The van der Waals surface area contributed by atoms with Gasteiger partial charge >= 0.3 is 5.97 Å². The Labute approximate surface area is 115 Å². The van der Waals surface area contributed by atoms with Crippen LogP contribution in [0.4, 0.5) is 8.78 Å². The monoisotopic (exact) mass is 282 g/mol. The van der Waals surface area contributed by atoms with E-state index in [2.05, 4.69) is 0 Å². The van der Waals surface area contributed by atoms with Gasteiger partial charge < -0.3 is 5.11 Å². The molecule has 20 heavy (non-hydrogen) atoms. The van der Waals surface area contributed by atoms with Gasteiger partial charge in [-0.05, 0) is 49.9 Å². The fraction of sp³-hybridized carbons (Fsp3) is 0.333. The molecule has 3 nitrogen and oxygen atoms in total. The van der Waals surface area contributed by atoms with Crippen molar-refractivity contribution in [2.45, 2.75) is 34.1 Å². The zero-order valence-corrected chi connectivity index (χ0v) is 11.8. The number of carboxylic acid groups (broad SMARTS) is 1. The van der Waals surface area contributed by atoms with Gasteiger partial charge in [0.1, 0.15) is 0 Å². The molecule has 1 rings (SSSR count). The summed E-state index contributed by atoms with van der Waals surface area (Å²) >= 11 is 0. The lowest BCUT2D eigenvalue weighted by molar-refractivity contribution is 0.0696. The summed E-state index contributed by atoms with van der Waals surface area (Å²) in [5.74, 6) is -1.99. The van der Waals surface area contributed by atoms with Crippen LogP contribution in [0.1, 0.15) is 50.8 Å². The predicted octanol–water partition coefficient (Wildman–Crippen LogP) is 4.05. The highest BCUT2D eigenvalue weighted by Gasteiger charge is 2.22. The third kappa shape index (κ3) is 2.76. The first kappa shape index (κ1) is 16.0. The molecule has 0 amide bonds. The lowest BCUT2D eigenvalue weighted by Gasteiger charge is -2.14. The number of ketones is 1. The molecule has 0 unspecified atom stereocenters. The molecule has 0 bridgehead atoms. The van der Waals surface area contributed by atoms with Gasteiger partial charge in [-0.3, -0.25) is 4.79 Å². The lowest BCUT2D eigenvalue weighted by atomic mass is 9.89. The van der Waals surface area contributed by atoms with E-state index in [1.54, 1.807) is 20.8 Å². The Bertz CT molecular complexity index is 612. The van der Waals surface area contributed by atoms with E-state index >= 15 is 0 Å². The van der Waals surface area contributed by atoms with E-state index in [1.807, 2.05) is 0 Å². The smallest absolute Gasteiger partial charge is 0.335 e. The van der Waals surface area contributed by atoms with Crippen molar-refractivity contribution < 1.29 is 23.5 Å². The molecule has 1 aromatic rings. The SMILES string of the molecule is CCC(C(=O)c1cc(C(=O)O)c(C)c(C)c1C)=C(F)F. The molecule has 108 valence electrons. The van der Waals surface area contributed by atoms with Crippen molar-refractivity contribution in [1.29, 1.82) is 0 Å². The van der Waals surface area contributed by atoms with Crippen molar-refractivity contribution in [2.75, 3.05) is 0 Å². The number of halogens is 2. The molecule has 0 aliphatic carbocycles. The Kier molecular flexibility index (Phi) is 4.76. The molecule has 1 N–H and O–H groups in total. The minimum Gasteiger partial charge on any atom is -0.478 e. The van der Waals surface area contributed by atoms with Crippen molar-refractivity contribution >= 4 is 11.8 Å². The van der Waals surface area contributed by atoms with Crippen molar-refractivity contribution in [2.24, 2.45) is 0 Å². The molecule has 0 heterocycles. The molecular formula is C15H16F2O3. The number of carbonyl (C=O) groups is 2. The van der Waals surface area contributed by atoms with Crippen LogP contribution in [-0.2, 0) is 0 Å². The van der Waals surface area contributed by atoms with Gasteiger partial charge in [-0.1, -0.05) is 6.92 Å². The first-order chi connectivity index (χ1) is 9.22. The first-order valence-electron chi connectivity index (χ1n) is 6.15. The third-order valence-corrected chi connectivity index (χ3v) is 3.55. The standard InChI is InChI=1S/C15H16F2O3/c1-5-10(14(16)17)13(18)11-6-12(15(19)20)9(4)7(2)8(11)3/h6H,5H2,1-4H3,(H,19,20). The molecule has 0 spiro atoms. The summed E-state index contributed by atoms with van der Waals surface area (Å²) in [5, 5.41) is 9.12. The minimum absolute atomic E-state index is 0.0233. The zero-order valence-electron chi connectivity index (χ0n) is 11.8. The number of carbonyl (C=O) groups excluding carboxylic acids is 1. The van der Waals surface area contributed by atoms with Crippen molar-refractivity contribution in [3.8, 4) is 0 Å². The quantitative estimate of drug-likeness (QED) is 0.669. The maximum absolute atomic E-state index is 12.7. The van der Waals surface area contributed by atoms with Gasteiger partial charge in [0.15, 0.2) is 5.78 Å². The summed E-state index contributed by atoms with van der Waals surface area (Å²) in [6.07, 6.45) is -2.12. The fourth-order valence-electron chi connectivity index (χ4n) is 2.05. The lowest BCUT2D eigenvalue weighted by Crippen LogP contribution is -2.12. The molecule has 0 aliphatic rings. The maximum atomic E-state index is 12.7. The molecule has 0 fully saturated rings. The average Bonchev–Trinajstić information content (AvgIpc) is 2.36. The fourth-order valence-corrected chi connectivity index (χ4v) is 2.05. The molecule has 5 heteroatoms. The van der Waals surface area contributed by atoms with Crippen LogP contribution in [0.5, 0.6) is 0 Å². The third-order valence-electron chi connectivity index (χ3n) is 3.55. The summed E-state index contributed by atoms with van der Waals surface area (Å²) in [7, 11) is 0. The van der Waals surface area contributed by atoms with Gasteiger partial charge in [-0.15, -0.1) is 0 Å². The van der Waals surface area contributed by atoms with Gasteiger partial charge in [0.2, 0.25) is 0 Å². The van der Waals surface area contributed by atoms with Gasteiger partial charge in [0.05, 0.1) is 11.1 Å². The van der Waals surface area contributed by atoms with E-state index in [4.69, 9.17) is 5.11 Å². The van der Waals surface area contributed by atoms with E-state index < -0.39 is 23.4 Å². The number of hydrogen-bond donors (Lipinski definition) is 1. The minimum atomic E-state index is -2.02. The maximum Gasteiger partial charge on any atom is 0.335 e. The first-order valence-corrected chi connectivity index (χ1v) is 6.15. The molecule has 0 aliphatic heterocycles. The van der Waals surface area contributed by atoms with Crippen LogP contribution in [0.3, 0.4) is 0 Å². The molecule has 0 saturated heterocycles. The molecular weight excluding hydrogens is 266 g/mol. The number of Topliss-reactive ketones (excluding diaryl/α,β-unsaturated/α-hetero) is 1. The van der Waals surface area contributed by atoms with Gasteiger partial charge in [-0.25, -0.2) is 4.79 Å². The summed E-state index contributed by atoms with van der Waals surface area (Å²) in [6, 6.07) is 1.18. The Morgan fingerprint density at radius 2 is 1.55 bits per heavy atom. The van der Waals surface area contributed by atoms with Crippen LogP contribution >= 0.6 is 0 Å². The van der Waals surface area contributed by atoms with Crippen molar-refractivity contribution in [3.63, 3.8) is 0 Å². The summed E-state index contributed by atoms with van der Waals surface area (Å²) < 4.78 is 25.5. The highest BCUT2D eigenvalue weighted by Crippen LogP contribution is 2.26. The van der Waals surface area contributed by atoms with Crippen LogP contribution in [0.2, 0.25) is 0 Å². The van der Waals surface area contributed by atoms with Crippen LogP contribution in [0.15, 0.2) is 17.7 Å². The molecule has 0 atom stereocenters. The van der Waals surface area contributed by atoms with Crippen LogP contribution in [0, 0.1) is 20.8 Å². The van der Waals surface area contributed by atoms with E-state index in [1.165, 1.54) is 13.0 Å². The second-order valence-corrected chi connectivity index (χ2v) is 4.57. The van der Waals surface area contributed by atoms with Crippen molar-refractivity contribution in [1.82, 2.24) is 0 Å². The highest BCUT2D eigenvalue weighted by atomic mass is 19.3. The molecule has 0 saturated carbocycles. The van der Waals surface area contributed by atoms with Crippen molar-refractivity contribution in [3.05, 3.63) is 45.5 Å². The van der Waals surface area contributed by atoms with Crippen LogP contribution in [-0.4, -0.2) is 16.9 Å². The Morgan fingerprint density at radius 3 is 1.95 bits per heavy atom. The number of rotatable bonds is 4. The molecule has 0 aromatic heterocycles. The van der Waals surface area contributed by atoms with E-state index in [9.17, 15) is 18.4 Å². The zero-order chi connectivity index (χ0) is 15.6. The summed E-state index contributed by atoms with van der Waals surface area (Å²) in [4.78, 5) is 23.3. The van der Waals surface area contributed by atoms with Crippen LogP contribution in [0.25, 0.3) is 0 Å². The Balaban J connectivity index is 3.58. The number of aromatic carboxylic acids is 1. The highest BCUT2D eigenvalue weighted by molar-refractivity contribution is 6.11. The molecule has 1 aromatic carbocycles. The number of carboxylic acids is 1. The number of hydrogen-bond acceptors (Lipinski definition) is 2. The summed E-state index contributed by atoms with van der Waals surface area (Å²) in [6.45, 7) is 6.40.